The summed E-state index contributed by atoms with van der Waals surface area (Å²) in [6, 6.07) is 19.0. The second kappa shape index (κ2) is 7.86. The minimum Gasteiger partial charge on any atom is -0.389 e. The highest BCUT2D eigenvalue weighted by molar-refractivity contribution is 7.91. The lowest BCUT2D eigenvalue weighted by Crippen LogP contribution is -2.07. The highest BCUT2D eigenvalue weighted by atomic mass is 32.2. The monoisotopic (exact) mass is 382 g/mol. The molecule has 0 aromatic heterocycles. The fraction of sp³-hybridized carbons (Fsp3) is 0.0909. The summed E-state index contributed by atoms with van der Waals surface area (Å²) in [7, 11) is -3.73. The van der Waals surface area contributed by atoms with Crippen LogP contribution in [0.4, 0.5) is 4.39 Å². The van der Waals surface area contributed by atoms with Crippen LogP contribution in [0.25, 0.3) is 12.2 Å². The van der Waals surface area contributed by atoms with Gasteiger partial charge in [-0.1, -0.05) is 54.6 Å². The Morgan fingerprint density at radius 1 is 0.852 bits per heavy atom. The SMILES string of the molecule is C[C@H](O)c1ccccc1S(=O)(=O)c1ccc(C=Cc2ccc(F)cc2)cc1. The Kier molecular flexibility index (Phi) is 5.54. The molecule has 0 saturated heterocycles. The molecular weight excluding hydrogens is 363 g/mol. The van der Waals surface area contributed by atoms with Crippen molar-refractivity contribution in [3.63, 3.8) is 0 Å². The van der Waals surface area contributed by atoms with Gasteiger partial charge < -0.3 is 5.11 Å². The summed E-state index contributed by atoms with van der Waals surface area (Å²) in [5.74, 6) is -0.292. The molecule has 0 aliphatic rings. The minimum atomic E-state index is -3.73. The molecule has 0 heterocycles. The summed E-state index contributed by atoms with van der Waals surface area (Å²) < 4.78 is 38.8. The van der Waals surface area contributed by atoms with Crippen LogP contribution in [0.3, 0.4) is 0 Å². The second-order valence-corrected chi connectivity index (χ2v) is 8.09. The molecule has 3 aromatic carbocycles. The zero-order chi connectivity index (χ0) is 19.4. The number of sulfone groups is 1. The average molecular weight is 382 g/mol. The fourth-order valence-corrected chi connectivity index (χ4v) is 4.28. The number of halogens is 1. The maximum atomic E-state index is 12.9. The van der Waals surface area contributed by atoms with E-state index in [1.165, 1.54) is 25.1 Å². The first kappa shape index (κ1) is 19.0. The Balaban J connectivity index is 1.87. The van der Waals surface area contributed by atoms with E-state index in [0.29, 0.717) is 5.56 Å². The van der Waals surface area contributed by atoms with Gasteiger partial charge in [-0.15, -0.1) is 0 Å². The zero-order valence-corrected chi connectivity index (χ0v) is 15.5. The molecule has 0 spiro atoms. The van der Waals surface area contributed by atoms with Crippen molar-refractivity contribution in [1.82, 2.24) is 0 Å². The van der Waals surface area contributed by atoms with E-state index in [9.17, 15) is 17.9 Å². The van der Waals surface area contributed by atoms with Gasteiger partial charge in [0.05, 0.1) is 15.9 Å². The summed E-state index contributed by atoms with van der Waals surface area (Å²) in [6.45, 7) is 1.54. The van der Waals surface area contributed by atoms with Gasteiger partial charge in [-0.2, -0.15) is 0 Å². The van der Waals surface area contributed by atoms with Crippen molar-refractivity contribution in [3.05, 3.63) is 95.3 Å². The number of hydrogen-bond donors (Lipinski definition) is 1. The number of benzene rings is 3. The molecule has 0 fully saturated rings. The van der Waals surface area contributed by atoms with Gasteiger partial charge in [0, 0.05) is 0 Å². The molecule has 1 atom stereocenters. The van der Waals surface area contributed by atoms with Gasteiger partial charge in [0.1, 0.15) is 5.82 Å². The fourth-order valence-electron chi connectivity index (χ4n) is 2.72. The highest BCUT2D eigenvalue weighted by Gasteiger charge is 2.22. The quantitative estimate of drug-likeness (QED) is 0.640. The predicted molar refractivity (Wildman–Crippen MR) is 104 cm³/mol. The van der Waals surface area contributed by atoms with Gasteiger partial charge in [0.25, 0.3) is 0 Å². The molecule has 0 radical (unpaired) electrons. The van der Waals surface area contributed by atoms with Crippen molar-refractivity contribution >= 4 is 22.0 Å². The van der Waals surface area contributed by atoms with Crippen molar-refractivity contribution in [3.8, 4) is 0 Å². The van der Waals surface area contributed by atoms with Crippen molar-refractivity contribution in [2.75, 3.05) is 0 Å². The third-order valence-electron chi connectivity index (χ3n) is 4.19. The van der Waals surface area contributed by atoms with Crippen molar-refractivity contribution in [1.29, 1.82) is 0 Å². The predicted octanol–water partition coefficient (Wildman–Crippen LogP) is 4.88. The van der Waals surface area contributed by atoms with Crippen LogP contribution in [0.15, 0.2) is 82.6 Å². The molecule has 0 unspecified atom stereocenters. The lowest BCUT2D eigenvalue weighted by atomic mass is 10.1. The molecule has 3 nitrogen and oxygen atoms in total. The Morgan fingerprint density at radius 3 is 1.93 bits per heavy atom. The summed E-state index contributed by atoms with van der Waals surface area (Å²) in [4.78, 5) is 0.268. The van der Waals surface area contributed by atoms with Gasteiger partial charge in [-0.25, -0.2) is 12.8 Å². The summed E-state index contributed by atoms with van der Waals surface area (Å²) in [5.41, 5.74) is 2.04. The molecule has 1 N–H and O–H groups in total. The van der Waals surface area contributed by atoms with Crippen LogP contribution >= 0.6 is 0 Å². The van der Waals surface area contributed by atoms with Crippen LogP contribution in [-0.2, 0) is 9.84 Å². The third kappa shape index (κ3) is 4.32. The molecule has 0 amide bonds. The van der Waals surface area contributed by atoms with E-state index in [0.717, 1.165) is 11.1 Å². The number of hydrogen-bond acceptors (Lipinski definition) is 3. The van der Waals surface area contributed by atoms with Crippen LogP contribution in [0.2, 0.25) is 0 Å². The highest BCUT2D eigenvalue weighted by Crippen LogP contribution is 2.28. The van der Waals surface area contributed by atoms with Crippen LogP contribution in [0.5, 0.6) is 0 Å². The first-order valence-electron chi connectivity index (χ1n) is 8.44. The zero-order valence-electron chi connectivity index (χ0n) is 14.7. The van der Waals surface area contributed by atoms with E-state index in [-0.39, 0.29) is 15.6 Å². The molecule has 3 rings (SSSR count). The van der Waals surface area contributed by atoms with E-state index in [1.54, 1.807) is 54.6 Å². The molecule has 0 saturated carbocycles. The molecule has 0 aliphatic carbocycles. The second-order valence-electron chi connectivity index (χ2n) is 6.17. The molecule has 0 bridgehead atoms. The van der Waals surface area contributed by atoms with Gasteiger partial charge in [-0.05, 0) is 53.9 Å². The Hall–Kier alpha value is -2.76. The van der Waals surface area contributed by atoms with E-state index < -0.39 is 15.9 Å². The Labute approximate surface area is 158 Å². The van der Waals surface area contributed by atoms with Crippen LogP contribution in [-0.4, -0.2) is 13.5 Å². The van der Waals surface area contributed by atoms with E-state index in [2.05, 4.69) is 0 Å². The number of aliphatic hydroxyl groups is 1. The first-order valence-corrected chi connectivity index (χ1v) is 9.92. The standard InChI is InChI=1S/C22H19FO3S/c1-16(24)21-4-2-3-5-22(21)27(25,26)20-14-10-18(11-15-20)7-6-17-8-12-19(23)13-9-17/h2-16,24H,1H3/t16-/m0/s1. The molecule has 138 valence electrons. The van der Waals surface area contributed by atoms with Gasteiger partial charge in [0.2, 0.25) is 9.84 Å². The lowest BCUT2D eigenvalue weighted by Gasteiger charge is -2.12. The first-order chi connectivity index (χ1) is 12.9. The normalized spacial score (nSPS) is 13.0. The molecular formula is C22H19FO3S. The number of rotatable bonds is 5. The molecule has 5 heteroatoms. The Bertz CT molecular complexity index is 1050. The van der Waals surface area contributed by atoms with Crippen molar-refractivity contribution in [2.24, 2.45) is 0 Å². The average Bonchev–Trinajstić information content (AvgIpc) is 2.68. The summed E-state index contributed by atoms with van der Waals surface area (Å²) in [5, 5.41) is 9.86. The van der Waals surface area contributed by atoms with Crippen LogP contribution in [0.1, 0.15) is 29.7 Å². The smallest absolute Gasteiger partial charge is 0.206 e. The molecule has 0 aliphatic heterocycles. The third-order valence-corrected chi connectivity index (χ3v) is 6.03. The van der Waals surface area contributed by atoms with Gasteiger partial charge in [0.15, 0.2) is 0 Å². The largest absolute Gasteiger partial charge is 0.389 e. The molecule has 3 aromatic rings. The van der Waals surface area contributed by atoms with Gasteiger partial charge >= 0.3 is 0 Å². The summed E-state index contributed by atoms with van der Waals surface area (Å²) in [6.07, 6.45) is 2.77. The van der Waals surface area contributed by atoms with Crippen LogP contribution in [0, 0.1) is 5.82 Å². The summed E-state index contributed by atoms with van der Waals surface area (Å²) >= 11 is 0. The molecule has 27 heavy (non-hydrogen) atoms. The van der Waals surface area contributed by atoms with Crippen LogP contribution < -0.4 is 0 Å². The maximum Gasteiger partial charge on any atom is 0.206 e. The van der Waals surface area contributed by atoms with E-state index in [1.807, 2.05) is 12.2 Å². The topological polar surface area (TPSA) is 54.4 Å². The van der Waals surface area contributed by atoms with Crippen molar-refractivity contribution in [2.45, 2.75) is 22.8 Å². The van der Waals surface area contributed by atoms with Crippen molar-refractivity contribution < 1.29 is 17.9 Å². The Morgan fingerprint density at radius 2 is 1.37 bits per heavy atom. The van der Waals surface area contributed by atoms with E-state index in [4.69, 9.17) is 0 Å². The maximum absolute atomic E-state index is 12.9. The number of aliphatic hydroxyl groups excluding tert-OH is 1. The van der Waals surface area contributed by atoms with E-state index >= 15 is 0 Å². The van der Waals surface area contributed by atoms with Gasteiger partial charge in [-0.3, -0.25) is 0 Å². The lowest BCUT2D eigenvalue weighted by molar-refractivity contribution is 0.196. The minimum absolute atomic E-state index is 0.106.